The maximum atomic E-state index is 12.7. The van der Waals surface area contributed by atoms with Crippen molar-refractivity contribution >= 4 is 28.2 Å². The number of carbonyl (C=O) groups is 1. The van der Waals surface area contributed by atoms with E-state index in [0.29, 0.717) is 12.1 Å². The van der Waals surface area contributed by atoms with Gasteiger partial charge in [-0.25, -0.2) is 0 Å². The summed E-state index contributed by atoms with van der Waals surface area (Å²) in [4.78, 5) is 17.3. The molecule has 4 aromatic rings. The van der Waals surface area contributed by atoms with Gasteiger partial charge in [0.25, 0.3) is 5.91 Å². The van der Waals surface area contributed by atoms with Crippen molar-refractivity contribution in [2.75, 3.05) is 11.9 Å². The Hall–Kier alpha value is -3.67. The molecule has 1 amide bonds. The number of rotatable bonds is 7. The monoisotopic (exact) mass is 399 g/mol. The first-order valence-electron chi connectivity index (χ1n) is 10.3. The summed E-state index contributed by atoms with van der Waals surface area (Å²) in [5.41, 5.74) is 4.88. The molecule has 2 aromatic heterocycles. The molecule has 6 nitrogen and oxygen atoms in total. The van der Waals surface area contributed by atoms with Crippen LogP contribution >= 0.6 is 0 Å². The van der Waals surface area contributed by atoms with Gasteiger partial charge < -0.3 is 10.6 Å². The van der Waals surface area contributed by atoms with Gasteiger partial charge in [0.2, 0.25) is 0 Å². The first-order valence-corrected chi connectivity index (χ1v) is 10.3. The lowest BCUT2D eigenvalue weighted by Gasteiger charge is -2.15. The van der Waals surface area contributed by atoms with Gasteiger partial charge in [0.1, 0.15) is 0 Å². The van der Waals surface area contributed by atoms with Crippen LogP contribution in [0.5, 0.6) is 0 Å². The van der Waals surface area contributed by atoms with Crippen LogP contribution < -0.4 is 10.6 Å². The number of anilines is 2. The summed E-state index contributed by atoms with van der Waals surface area (Å²) in [5, 5.41) is 11.9. The van der Waals surface area contributed by atoms with Crippen LogP contribution in [0.15, 0.2) is 67.0 Å². The maximum absolute atomic E-state index is 12.7. The smallest absolute Gasteiger partial charge is 0.254 e. The lowest BCUT2D eigenvalue weighted by Crippen LogP contribution is -2.23. The van der Waals surface area contributed by atoms with Gasteiger partial charge in [0.15, 0.2) is 0 Å². The van der Waals surface area contributed by atoms with Crippen molar-refractivity contribution in [3.63, 3.8) is 0 Å². The number of hydrogen-bond acceptors (Lipinski definition) is 4. The molecule has 0 radical (unpaired) electrons. The Balaban J connectivity index is 1.85. The minimum absolute atomic E-state index is 0.150. The summed E-state index contributed by atoms with van der Waals surface area (Å²) in [6.07, 6.45) is 4.66. The molecule has 2 aromatic carbocycles. The summed E-state index contributed by atoms with van der Waals surface area (Å²) in [6.45, 7) is 5.47. The SMILES string of the molecule is CCCn1ccc(-c2ccc3ncc(C(=O)NCC)c(Nc4ccccc4)c3c2)n1. The minimum atomic E-state index is -0.150. The van der Waals surface area contributed by atoms with E-state index in [0.717, 1.165) is 46.5 Å². The number of aromatic nitrogens is 3. The van der Waals surface area contributed by atoms with E-state index in [4.69, 9.17) is 0 Å². The van der Waals surface area contributed by atoms with Crippen molar-refractivity contribution < 1.29 is 4.79 Å². The topological polar surface area (TPSA) is 71.8 Å². The standard InChI is InChI=1S/C24H25N5O/c1-3-13-29-14-12-21(28-29)17-10-11-22-19(15-17)23(27-18-8-6-5-7-9-18)20(16-26-22)24(30)25-4-2/h5-12,14-16H,3-4,13H2,1-2H3,(H,25,30)(H,26,27). The molecule has 0 saturated heterocycles. The first-order chi connectivity index (χ1) is 14.7. The van der Waals surface area contributed by atoms with E-state index in [1.807, 2.05) is 66.3 Å². The molecule has 152 valence electrons. The highest BCUT2D eigenvalue weighted by atomic mass is 16.1. The molecule has 0 aliphatic carbocycles. The lowest BCUT2D eigenvalue weighted by atomic mass is 10.0. The molecule has 0 saturated carbocycles. The highest BCUT2D eigenvalue weighted by molar-refractivity contribution is 6.08. The number of nitrogens with zero attached hydrogens (tertiary/aromatic N) is 3. The van der Waals surface area contributed by atoms with Crippen LogP contribution in [0.25, 0.3) is 22.2 Å². The van der Waals surface area contributed by atoms with Crippen molar-refractivity contribution in [1.82, 2.24) is 20.1 Å². The summed E-state index contributed by atoms with van der Waals surface area (Å²) in [7, 11) is 0. The number of pyridine rings is 1. The zero-order valence-electron chi connectivity index (χ0n) is 17.2. The summed E-state index contributed by atoms with van der Waals surface area (Å²) < 4.78 is 1.95. The number of aryl methyl sites for hydroxylation is 1. The number of amides is 1. The quantitative estimate of drug-likeness (QED) is 0.459. The molecule has 0 atom stereocenters. The molecule has 6 heteroatoms. The van der Waals surface area contributed by atoms with Gasteiger partial charge >= 0.3 is 0 Å². The largest absolute Gasteiger partial charge is 0.354 e. The molecule has 0 aliphatic heterocycles. The molecule has 0 bridgehead atoms. The number of para-hydroxylation sites is 1. The van der Waals surface area contributed by atoms with Gasteiger partial charge in [-0.05, 0) is 43.7 Å². The summed E-state index contributed by atoms with van der Waals surface area (Å²) >= 11 is 0. The van der Waals surface area contributed by atoms with Crippen molar-refractivity contribution in [3.05, 3.63) is 72.6 Å². The lowest BCUT2D eigenvalue weighted by molar-refractivity contribution is 0.0956. The Morgan fingerprint density at radius 3 is 2.67 bits per heavy atom. The maximum Gasteiger partial charge on any atom is 0.254 e. The summed E-state index contributed by atoms with van der Waals surface area (Å²) in [6, 6.07) is 17.9. The van der Waals surface area contributed by atoms with Gasteiger partial charge in [0, 0.05) is 42.1 Å². The van der Waals surface area contributed by atoms with Gasteiger partial charge in [-0.1, -0.05) is 31.2 Å². The average Bonchev–Trinajstić information content (AvgIpc) is 3.23. The number of nitrogens with one attached hydrogen (secondary N) is 2. The predicted molar refractivity (Wildman–Crippen MR) is 121 cm³/mol. The third-order valence-electron chi connectivity index (χ3n) is 4.88. The Kier molecular flexibility index (Phi) is 5.75. The highest BCUT2D eigenvalue weighted by Gasteiger charge is 2.16. The normalized spacial score (nSPS) is 10.9. The molecule has 4 rings (SSSR count). The van der Waals surface area contributed by atoms with Gasteiger partial charge in [-0.3, -0.25) is 14.5 Å². The van der Waals surface area contributed by atoms with Crippen LogP contribution in [-0.4, -0.2) is 27.2 Å². The predicted octanol–water partition coefficient (Wildman–Crippen LogP) is 5.00. The molecular formula is C24H25N5O. The van der Waals surface area contributed by atoms with E-state index < -0.39 is 0 Å². The second kappa shape index (κ2) is 8.78. The van der Waals surface area contributed by atoms with Crippen molar-refractivity contribution in [1.29, 1.82) is 0 Å². The Bertz CT molecular complexity index is 1170. The molecular weight excluding hydrogens is 374 g/mol. The van der Waals surface area contributed by atoms with Crippen LogP contribution in [0.4, 0.5) is 11.4 Å². The zero-order chi connectivity index (χ0) is 20.9. The molecule has 2 N–H and O–H groups in total. The van der Waals surface area contributed by atoms with Crippen LogP contribution in [0.2, 0.25) is 0 Å². The molecule has 0 fully saturated rings. The molecule has 2 heterocycles. The van der Waals surface area contributed by atoms with E-state index in [1.54, 1.807) is 6.20 Å². The van der Waals surface area contributed by atoms with Crippen LogP contribution in [0.3, 0.4) is 0 Å². The fourth-order valence-electron chi connectivity index (χ4n) is 3.45. The van der Waals surface area contributed by atoms with Crippen LogP contribution in [-0.2, 0) is 6.54 Å². The number of fused-ring (bicyclic) bond motifs is 1. The van der Waals surface area contributed by atoms with Gasteiger partial charge in [0.05, 0.1) is 22.5 Å². The minimum Gasteiger partial charge on any atom is -0.354 e. The third kappa shape index (κ3) is 4.03. The first kappa shape index (κ1) is 19.6. The Morgan fingerprint density at radius 1 is 1.07 bits per heavy atom. The van der Waals surface area contributed by atoms with Crippen LogP contribution in [0, 0.1) is 0 Å². The average molecular weight is 399 g/mol. The second-order valence-corrected chi connectivity index (χ2v) is 7.09. The van der Waals surface area contributed by atoms with Crippen LogP contribution in [0.1, 0.15) is 30.6 Å². The highest BCUT2D eigenvalue weighted by Crippen LogP contribution is 2.32. The van der Waals surface area contributed by atoms with E-state index >= 15 is 0 Å². The fourth-order valence-corrected chi connectivity index (χ4v) is 3.45. The fraction of sp³-hybridized carbons (Fsp3) is 0.208. The third-order valence-corrected chi connectivity index (χ3v) is 4.88. The Morgan fingerprint density at radius 2 is 1.90 bits per heavy atom. The Labute approximate surface area is 176 Å². The van der Waals surface area contributed by atoms with E-state index in [9.17, 15) is 4.79 Å². The molecule has 0 aliphatic rings. The van der Waals surface area contributed by atoms with Crippen molar-refractivity contribution in [3.8, 4) is 11.3 Å². The number of carbonyl (C=O) groups excluding carboxylic acids is 1. The molecule has 30 heavy (non-hydrogen) atoms. The van der Waals surface area contributed by atoms with Crippen molar-refractivity contribution in [2.24, 2.45) is 0 Å². The van der Waals surface area contributed by atoms with Gasteiger partial charge in [-0.15, -0.1) is 0 Å². The van der Waals surface area contributed by atoms with Crippen molar-refractivity contribution in [2.45, 2.75) is 26.8 Å². The molecule has 0 unspecified atom stereocenters. The number of benzene rings is 2. The summed E-state index contributed by atoms with van der Waals surface area (Å²) in [5.74, 6) is -0.150. The number of hydrogen-bond donors (Lipinski definition) is 2. The van der Waals surface area contributed by atoms with Gasteiger partial charge in [-0.2, -0.15) is 5.10 Å². The van der Waals surface area contributed by atoms with E-state index in [1.165, 1.54) is 0 Å². The zero-order valence-corrected chi connectivity index (χ0v) is 17.2. The van der Waals surface area contributed by atoms with E-state index in [2.05, 4.69) is 33.7 Å². The van der Waals surface area contributed by atoms with E-state index in [-0.39, 0.29) is 5.91 Å². The molecule has 0 spiro atoms. The second-order valence-electron chi connectivity index (χ2n) is 7.09.